The molecule has 1 heterocycles. The molecule has 0 radical (unpaired) electrons. The summed E-state index contributed by atoms with van der Waals surface area (Å²) in [7, 11) is 0. The fraction of sp³-hybridized carbons (Fsp3) is 0.250. The van der Waals surface area contributed by atoms with Crippen LogP contribution in [0.5, 0.6) is 0 Å². The highest BCUT2D eigenvalue weighted by molar-refractivity contribution is 5.98. The number of hydrogen-bond donors (Lipinski definition) is 1. The molecule has 0 unspecified atom stereocenters. The van der Waals surface area contributed by atoms with Gasteiger partial charge < -0.3 is 5.73 Å². The van der Waals surface area contributed by atoms with Crippen LogP contribution in [0.15, 0.2) is 6.20 Å². The van der Waals surface area contributed by atoms with Crippen LogP contribution in [0.1, 0.15) is 28.0 Å². The first-order valence-electron chi connectivity index (χ1n) is 4.08. The second-order valence-corrected chi connectivity index (χ2v) is 2.95. The summed E-state index contributed by atoms with van der Waals surface area (Å²) in [6, 6.07) is 0. The third-order valence-electron chi connectivity index (χ3n) is 1.99. The molecule has 0 aliphatic carbocycles. The van der Waals surface area contributed by atoms with Crippen LogP contribution in [-0.4, -0.2) is 15.8 Å². The molecule has 8 heteroatoms. The van der Waals surface area contributed by atoms with E-state index in [1.165, 1.54) is 0 Å². The Hall–Kier alpha value is -2.12. The lowest BCUT2D eigenvalue weighted by molar-refractivity contribution is -0.385. The van der Waals surface area contributed by atoms with Crippen molar-refractivity contribution >= 4 is 11.6 Å². The summed E-state index contributed by atoms with van der Waals surface area (Å²) in [5, 5.41) is 10.5. The summed E-state index contributed by atoms with van der Waals surface area (Å²) < 4.78 is 24.8. The summed E-state index contributed by atoms with van der Waals surface area (Å²) in [5.41, 5.74) is 2.75. The Balaban J connectivity index is 3.54. The van der Waals surface area contributed by atoms with Gasteiger partial charge in [-0.2, -0.15) is 0 Å². The maximum atomic E-state index is 12.4. The molecule has 0 atom stereocenters. The van der Waals surface area contributed by atoms with Crippen molar-refractivity contribution in [1.82, 2.24) is 4.98 Å². The van der Waals surface area contributed by atoms with Gasteiger partial charge in [-0.15, -0.1) is 0 Å². The number of carbonyl (C=O) groups is 1. The van der Waals surface area contributed by atoms with E-state index in [0.29, 0.717) is 6.20 Å². The van der Waals surface area contributed by atoms with Crippen LogP contribution in [0.2, 0.25) is 0 Å². The van der Waals surface area contributed by atoms with Crippen LogP contribution in [-0.2, 0) is 0 Å². The maximum absolute atomic E-state index is 12.4. The first-order chi connectivity index (χ1) is 7.36. The van der Waals surface area contributed by atoms with Crippen molar-refractivity contribution in [3.63, 3.8) is 0 Å². The van der Waals surface area contributed by atoms with Crippen LogP contribution >= 0.6 is 0 Å². The molecule has 1 aromatic heterocycles. The van der Waals surface area contributed by atoms with Gasteiger partial charge in [0.15, 0.2) is 0 Å². The molecular weight excluding hydrogens is 224 g/mol. The number of halogens is 2. The van der Waals surface area contributed by atoms with E-state index < -0.39 is 34.2 Å². The molecule has 0 fully saturated rings. The van der Waals surface area contributed by atoms with E-state index in [2.05, 4.69) is 4.98 Å². The summed E-state index contributed by atoms with van der Waals surface area (Å²) >= 11 is 0. The number of alkyl halides is 2. The summed E-state index contributed by atoms with van der Waals surface area (Å²) in [5.74, 6) is -1.13. The minimum Gasteiger partial charge on any atom is -0.365 e. The zero-order chi connectivity index (χ0) is 12.5. The molecule has 0 bridgehead atoms. The molecule has 6 nitrogen and oxygen atoms in total. The highest BCUT2D eigenvalue weighted by Gasteiger charge is 2.26. The first-order valence-corrected chi connectivity index (χ1v) is 4.08. The average Bonchev–Trinajstić information content (AvgIpc) is 2.15. The highest BCUT2D eigenvalue weighted by Crippen LogP contribution is 2.28. The molecule has 16 heavy (non-hydrogen) atoms. The Morgan fingerprint density at radius 2 is 2.19 bits per heavy atom. The smallest absolute Gasteiger partial charge is 0.300 e. The standard InChI is InChI=1S/C8H7F2N3O3/c1-3-5(8(11)14)4(13(15)16)2-12-6(3)7(9)10/h2,7H,1H3,(H2,11,14). The number of nitrogens with two attached hydrogens (primary N) is 1. The zero-order valence-corrected chi connectivity index (χ0v) is 8.11. The number of pyridine rings is 1. The molecule has 0 aliphatic rings. The lowest BCUT2D eigenvalue weighted by atomic mass is 10.1. The summed E-state index contributed by atoms with van der Waals surface area (Å²) in [6.45, 7) is 1.14. The minimum absolute atomic E-state index is 0.267. The third-order valence-corrected chi connectivity index (χ3v) is 1.99. The van der Waals surface area contributed by atoms with Crippen LogP contribution in [0, 0.1) is 17.0 Å². The van der Waals surface area contributed by atoms with E-state index in [1.807, 2.05) is 0 Å². The van der Waals surface area contributed by atoms with Crippen molar-refractivity contribution in [2.24, 2.45) is 5.73 Å². The van der Waals surface area contributed by atoms with Crippen molar-refractivity contribution in [3.05, 3.63) is 33.1 Å². The number of nitro groups is 1. The Morgan fingerprint density at radius 1 is 1.62 bits per heavy atom. The second kappa shape index (κ2) is 4.17. The van der Waals surface area contributed by atoms with E-state index in [1.54, 1.807) is 0 Å². The van der Waals surface area contributed by atoms with Gasteiger partial charge >= 0.3 is 5.69 Å². The molecule has 1 rings (SSSR count). The number of rotatable bonds is 3. The molecular formula is C8H7F2N3O3. The molecule has 0 saturated heterocycles. The van der Waals surface area contributed by atoms with Gasteiger partial charge in [-0.3, -0.25) is 14.9 Å². The number of hydrogen-bond acceptors (Lipinski definition) is 4. The number of amides is 1. The predicted octanol–water partition coefficient (Wildman–Crippen LogP) is 1.33. The Bertz CT molecular complexity index is 462. The van der Waals surface area contributed by atoms with Crippen LogP contribution in [0.3, 0.4) is 0 Å². The van der Waals surface area contributed by atoms with Crippen LogP contribution in [0.25, 0.3) is 0 Å². The van der Waals surface area contributed by atoms with Gasteiger partial charge in [-0.25, -0.2) is 13.8 Å². The summed E-state index contributed by atoms with van der Waals surface area (Å²) in [4.78, 5) is 23.8. The van der Waals surface area contributed by atoms with Gasteiger partial charge in [0, 0.05) is 0 Å². The highest BCUT2D eigenvalue weighted by atomic mass is 19.3. The van der Waals surface area contributed by atoms with Gasteiger partial charge in [0.25, 0.3) is 12.3 Å². The number of primary amides is 1. The van der Waals surface area contributed by atoms with Crippen molar-refractivity contribution < 1.29 is 18.5 Å². The maximum Gasteiger partial charge on any atom is 0.300 e. The topological polar surface area (TPSA) is 99.1 Å². The van der Waals surface area contributed by atoms with Gasteiger partial charge in [0.05, 0.1) is 4.92 Å². The molecule has 1 amide bonds. The van der Waals surface area contributed by atoms with E-state index in [4.69, 9.17) is 5.73 Å². The minimum atomic E-state index is -2.92. The van der Waals surface area contributed by atoms with Gasteiger partial charge in [-0.1, -0.05) is 0 Å². The number of carbonyl (C=O) groups excluding carboxylic acids is 1. The van der Waals surface area contributed by atoms with Crippen molar-refractivity contribution in [3.8, 4) is 0 Å². The van der Waals surface area contributed by atoms with E-state index in [9.17, 15) is 23.7 Å². The Morgan fingerprint density at radius 3 is 2.56 bits per heavy atom. The van der Waals surface area contributed by atoms with Gasteiger partial charge in [0.2, 0.25) is 0 Å². The fourth-order valence-electron chi connectivity index (χ4n) is 1.28. The lowest BCUT2D eigenvalue weighted by Gasteiger charge is -2.07. The largest absolute Gasteiger partial charge is 0.365 e. The van der Waals surface area contributed by atoms with E-state index in [0.717, 1.165) is 6.92 Å². The molecule has 0 aliphatic heterocycles. The fourth-order valence-corrected chi connectivity index (χ4v) is 1.28. The van der Waals surface area contributed by atoms with Crippen LogP contribution < -0.4 is 5.73 Å². The molecule has 86 valence electrons. The Labute approximate surface area is 88.2 Å². The lowest BCUT2D eigenvalue weighted by Crippen LogP contribution is -2.17. The average molecular weight is 231 g/mol. The van der Waals surface area contributed by atoms with Crippen molar-refractivity contribution in [2.45, 2.75) is 13.3 Å². The van der Waals surface area contributed by atoms with Crippen LogP contribution in [0.4, 0.5) is 14.5 Å². The second-order valence-electron chi connectivity index (χ2n) is 2.95. The first kappa shape index (κ1) is 12.0. The van der Waals surface area contributed by atoms with Crippen molar-refractivity contribution in [1.29, 1.82) is 0 Å². The molecule has 1 aromatic rings. The summed E-state index contributed by atoms with van der Waals surface area (Å²) in [6.07, 6.45) is -2.31. The third kappa shape index (κ3) is 1.95. The molecule has 2 N–H and O–H groups in total. The van der Waals surface area contributed by atoms with E-state index >= 15 is 0 Å². The van der Waals surface area contributed by atoms with E-state index in [-0.39, 0.29) is 5.56 Å². The SMILES string of the molecule is Cc1c(C(F)F)ncc([N+](=O)[O-])c1C(N)=O. The normalized spacial score (nSPS) is 10.5. The predicted molar refractivity (Wildman–Crippen MR) is 49.1 cm³/mol. The van der Waals surface area contributed by atoms with Gasteiger partial charge in [-0.05, 0) is 12.5 Å². The number of aromatic nitrogens is 1. The Kier molecular flexibility index (Phi) is 3.11. The monoisotopic (exact) mass is 231 g/mol. The molecule has 0 aromatic carbocycles. The molecule has 0 spiro atoms. The van der Waals surface area contributed by atoms with Crippen molar-refractivity contribution in [2.75, 3.05) is 0 Å². The zero-order valence-electron chi connectivity index (χ0n) is 8.11. The molecule has 0 saturated carbocycles. The quantitative estimate of drug-likeness (QED) is 0.626. The number of nitrogens with zero attached hydrogens (tertiary/aromatic N) is 2. The van der Waals surface area contributed by atoms with Gasteiger partial charge in [0.1, 0.15) is 17.5 Å².